The van der Waals surface area contributed by atoms with Gasteiger partial charge in [0.05, 0.1) is 12.1 Å². The van der Waals surface area contributed by atoms with Gasteiger partial charge in [-0.25, -0.2) is 0 Å². The number of rotatable bonds is 5. The van der Waals surface area contributed by atoms with Crippen LogP contribution in [0.2, 0.25) is 0 Å². The molecular weight excluding hydrogens is 260 g/mol. The van der Waals surface area contributed by atoms with Gasteiger partial charge in [-0.15, -0.1) is 0 Å². The molecule has 19 heavy (non-hydrogen) atoms. The zero-order valence-corrected chi connectivity index (χ0v) is 12.2. The molecule has 4 nitrogen and oxygen atoms in total. The van der Waals surface area contributed by atoms with Crippen LogP contribution in [0.15, 0.2) is 16.8 Å². The van der Waals surface area contributed by atoms with Crippen LogP contribution in [0.4, 0.5) is 0 Å². The van der Waals surface area contributed by atoms with E-state index < -0.39 is 6.10 Å². The number of aliphatic hydroxyl groups excluding tert-OH is 1. The third kappa shape index (κ3) is 4.03. The first kappa shape index (κ1) is 14.5. The largest absolute Gasteiger partial charge is 0.387 e. The fourth-order valence-electron chi connectivity index (χ4n) is 2.35. The van der Waals surface area contributed by atoms with Gasteiger partial charge in [-0.2, -0.15) is 11.3 Å². The first-order chi connectivity index (χ1) is 9.18. The molecule has 1 aliphatic heterocycles. The van der Waals surface area contributed by atoms with E-state index in [1.807, 2.05) is 28.7 Å². The highest BCUT2D eigenvalue weighted by molar-refractivity contribution is 7.07. The van der Waals surface area contributed by atoms with Crippen molar-refractivity contribution in [3.05, 3.63) is 22.4 Å². The SMILES string of the molecule is CC(NCC(O)c1ccsc1)C(=O)N1CCCCC1. The summed E-state index contributed by atoms with van der Waals surface area (Å²) in [7, 11) is 0. The summed E-state index contributed by atoms with van der Waals surface area (Å²) in [5.41, 5.74) is 0.912. The van der Waals surface area contributed by atoms with Crippen molar-refractivity contribution in [2.45, 2.75) is 38.3 Å². The molecule has 2 atom stereocenters. The lowest BCUT2D eigenvalue weighted by molar-refractivity contribution is -0.134. The maximum Gasteiger partial charge on any atom is 0.239 e. The normalized spacial score (nSPS) is 19.2. The monoisotopic (exact) mass is 282 g/mol. The van der Waals surface area contributed by atoms with Crippen molar-refractivity contribution in [1.82, 2.24) is 10.2 Å². The summed E-state index contributed by atoms with van der Waals surface area (Å²) in [5.74, 6) is 0.150. The topological polar surface area (TPSA) is 52.6 Å². The molecule has 0 saturated carbocycles. The van der Waals surface area contributed by atoms with Gasteiger partial charge in [0, 0.05) is 19.6 Å². The second kappa shape index (κ2) is 7.03. The van der Waals surface area contributed by atoms with Gasteiger partial charge in [0.15, 0.2) is 0 Å². The summed E-state index contributed by atoms with van der Waals surface area (Å²) in [5, 5.41) is 17.0. The van der Waals surface area contributed by atoms with Gasteiger partial charge < -0.3 is 15.3 Å². The quantitative estimate of drug-likeness (QED) is 0.865. The van der Waals surface area contributed by atoms with Crippen LogP contribution in [-0.2, 0) is 4.79 Å². The molecule has 0 spiro atoms. The van der Waals surface area contributed by atoms with E-state index in [1.165, 1.54) is 6.42 Å². The number of carbonyl (C=O) groups excluding carboxylic acids is 1. The lowest BCUT2D eigenvalue weighted by Gasteiger charge is -2.29. The van der Waals surface area contributed by atoms with Crippen molar-refractivity contribution in [2.75, 3.05) is 19.6 Å². The van der Waals surface area contributed by atoms with Gasteiger partial charge >= 0.3 is 0 Å². The van der Waals surface area contributed by atoms with Crippen LogP contribution in [-0.4, -0.2) is 41.6 Å². The predicted molar refractivity (Wildman–Crippen MR) is 77.2 cm³/mol. The first-order valence-electron chi connectivity index (χ1n) is 6.91. The molecule has 1 aromatic heterocycles. The molecule has 1 amide bonds. The number of likely N-dealkylation sites (tertiary alicyclic amines) is 1. The summed E-state index contributed by atoms with van der Waals surface area (Å²) in [6.07, 6.45) is 2.90. The number of amides is 1. The second-order valence-electron chi connectivity index (χ2n) is 5.09. The summed E-state index contributed by atoms with van der Waals surface area (Å²) in [6.45, 7) is 4.03. The van der Waals surface area contributed by atoms with E-state index in [1.54, 1.807) is 11.3 Å². The number of hydrogen-bond acceptors (Lipinski definition) is 4. The number of hydrogen-bond donors (Lipinski definition) is 2. The Morgan fingerprint density at radius 3 is 2.84 bits per heavy atom. The fourth-order valence-corrected chi connectivity index (χ4v) is 3.05. The lowest BCUT2D eigenvalue weighted by atomic mass is 10.1. The van der Waals surface area contributed by atoms with Crippen molar-refractivity contribution in [2.24, 2.45) is 0 Å². The van der Waals surface area contributed by atoms with Crippen molar-refractivity contribution < 1.29 is 9.90 Å². The minimum atomic E-state index is -0.539. The van der Waals surface area contributed by atoms with Crippen molar-refractivity contribution >= 4 is 17.2 Å². The molecule has 1 fully saturated rings. The Balaban J connectivity index is 1.77. The summed E-state index contributed by atoms with van der Waals surface area (Å²) >= 11 is 1.57. The van der Waals surface area contributed by atoms with Crippen LogP contribution < -0.4 is 5.32 Å². The van der Waals surface area contributed by atoms with E-state index in [0.717, 1.165) is 31.5 Å². The van der Waals surface area contributed by atoms with E-state index in [-0.39, 0.29) is 11.9 Å². The maximum atomic E-state index is 12.2. The van der Waals surface area contributed by atoms with Crippen LogP contribution >= 0.6 is 11.3 Å². The highest BCUT2D eigenvalue weighted by Crippen LogP contribution is 2.15. The van der Waals surface area contributed by atoms with E-state index in [9.17, 15) is 9.90 Å². The summed E-state index contributed by atoms with van der Waals surface area (Å²) in [4.78, 5) is 14.1. The number of carbonyl (C=O) groups is 1. The smallest absolute Gasteiger partial charge is 0.239 e. The maximum absolute atomic E-state index is 12.2. The molecule has 5 heteroatoms. The molecule has 0 aromatic carbocycles. The van der Waals surface area contributed by atoms with Crippen LogP contribution in [0, 0.1) is 0 Å². The van der Waals surface area contributed by atoms with Crippen LogP contribution in [0.5, 0.6) is 0 Å². The van der Waals surface area contributed by atoms with E-state index in [4.69, 9.17) is 0 Å². The second-order valence-corrected chi connectivity index (χ2v) is 5.87. The Kier molecular flexibility index (Phi) is 5.36. The summed E-state index contributed by atoms with van der Waals surface area (Å²) < 4.78 is 0. The Morgan fingerprint density at radius 1 is 1.47 bits per heavy atom. The molecular formula is C14H22N2O2S. The summed E-state index contributed by atoms with van der Waals surface area (Å²) in [6, 6.07) is 1.68. The Morgan fingerprint density at radius 2 is 2.21 bits per heavy atom. The van der Waals surface area contributed by atoms with Gasteiger partial charge in [-0.3, -0.25) is 4.79 Å². The number of nitrogens with zero attached hydrogens (tertiary/aromatic N) is 1. The number of aliphatic hydroxyl groups is 1. The third-order valence-corrected chi connectivity index (χ3v) is 4.28. The van der Waals surface area contributed by atoms with Gasteiger partial charge in [0.1, 0.15) is 0 Å². The molecule has 1 saturated heterocycles. The molecule has 2 N–H and O–H groups in total. The van der Waals surface area contributed by atoms with E-state index >= 15 is 0 Å². The van der Waals surface area contributed by atoms with Crippen molar-refractivity contribution in [3.8, 4) is 0 Å². The molecule has 2 unspecified atom stereocenters. The number of nitrogens with one attached hydrogen (secondary N) is 1. The predicted octanol–water partition coefficient (Wildman–Crippen LogP) is 1.77. The molecule has 2 heterocycles. The Hall–Kier alpha value is -0.910. The fraction of sp³-hybridized carbons (Fsp3) is 0.643. The Bertz CT molecular complexity index is 388. The van der Waals surface area contributed by atoms with E-state index in [2.05, 4.69) is 5.32 Å². The average Bonchev–Trinajstić information content (AvgIpc) is 2.98. The van der Waals surface area contributed by atoms with Gasteiger partial charge in [-0.1, -0.05) is 0 Å². The standard InChI is InChI=1S/C14H22N2O2S/c1-11(14(18)16-6-3-2-4-7-16)15-9-13(17)12-5-8-19-10-12/h5,8,10-11,13,15,17H,2-4,6-7,9H2,1H3. The highest BCUT2D eigenvalue weighted by atomic mass is 32.1. The van der Waals surface area contributed by atoms with Crippen LogP contribution in [0.25, 0.3) is 0 Å². The molecule has 0 aliphatic carbocycles. The molecule has 106 valence electrons. The van der Waals surface area contributed by atoms with Gasteiger partial charge in [0.2, 0.25) is 5.91 Å². The van der Waals surface area contributed by atoms with Crippen LogP contribution in [0.1, 0.15) is 37.9 Å². The zero-order chi connectivity index (χ0) is 13.7. The Labute approximate surface area is 118 Å². The molecule has 1 aromatic rings. The van der Waals surface area contributed by atoms with E-state index in [0.29, 0.717) is 6.54 Å². The lowest BCUT2D eigenvalue weighted by Crippen LogP contribution is -2.47. The molecule has 2 rings (SSSR count). The highest BCUT2D eigenvalue weighted by Gasteiger charge is 2.22. The molecule has 0 radical (unpaired) electrons. The average molecular weight is 282 g/mol. The first-order valence-corrected chi connectivity index (χ1v) is 7.85. The zero-order valence-electron chi connectivity index (χ0n) is 11.3. The minimum Gasteiger partial charge on any atom is -0.387 e. The van der Waals surface area contributed by atoms with Crippen molar-refractivity contribution in [1.29, 1.82) is 0 Å². The van der Waals surface area contributed by atoms with Crippen molar-refractivity contribution in [3.63, 3.8) is 0 Å². The third-order valence-electron chi connectivity index (χ3n) is 3.58. The molecule has 0 bridgehead atoms. The number of piperidine rings is 1. The number of thiophene rings is 1. The van der Waals surface area contributed by atoms with Gasteiger partial charge in [0.25, 0.3) is 0 Å². The van der Waals surface area contributed by atoms with Gasteiger partial charge in [-0.05, 0) is 48.6 Å². The van der Waals surface area contributed by atoms with Crippen LogP contribution in [0.3, 0.4) is 0 Å². The minimum absolute atomic E-state index is 0.150. The molecule has 1 aliphatic rings.